The smallest absolute Gasteiger partial charge is 0.0253 e. The summed E-state index contributed by atoms with van der Waals surface area (Å²) in [7, 11) is 0. The van der Waals surface area contributed by atoms with Crippen molar-refractivity contribution in [3.8, 4) is 0 Å². The highest BCUT2D eigenvalue weighted by molar-refractivity contribution is 5.15. The Balaban J connectivity index is 1.39. The Morgan fingerprint density at radius 2 is 0.815 bits per heavy atom. The van der Waals surface area contributed by atoms with Crippen molar-refractivity contribution in [2.45, 2.75) is 84.5 Å². The van der Waals surface area contributed by atoms with Crippen molar-refractivity contribution in [3.05, 3.63) is 71.8 Å². The van der Waals surface area contributed by atoms with Gasteiger partial charge in [0.1, 0.15) is 0 Å². The number of benzene rings is 2. The number of hydrogen-bond acceptors (Lipinski definition) is 0. The minimum atomic E-state index is 0.818. The van der Waals surface area contributed by atoms with Gasteiger partial charge in [-0.3, -0.25) is 0 Å². The van der Waals surface area contributed by atoms with E-state index in [1.807, 2.05) is 0 Å². The van der Waals surface area contributed by atoms with Crippen LogP contribution in [0.3, 0.4) is 0 Å². The molecule has 2 aromatic carbocycles. The molecule has 0 aliphatic heterocycles. The van der Waals surface area contributed by atoms with E-state index in [4.69, 9.17) is 0 Å². The van der Waals surface area contributed by atoms with Crippen molar-refractivity contribution in [2.24, 2.45) is 11.8 Å². The van der Waals surface area contributed by atoms with E-state index in [1.54, 1.807) is 0 Å². The molecule has 0 aromatic heterocycles. The van der Waals surface area contributed by atoms with Gasteiger partial charge in [0.2, 0.25) is 0 Å². The zero-order chi connectivity index (χ0) is 19.2. The highest BCUT2D eigenvalue weighted by atomic mass is 14.1. The second kappa shape index (κ2) is 13.6. The molecular formula is C27H40. The van der Waals surface area contributed by atoms with Gasteiger partial charge in [0.15, 0.2) is 0 Å². The molecule has 2 aromatic rings. The third kappa shape index (κ3) is 10.4. The van der Waals surface area contributed by atoms with Crippen LogP contribution in [-0.2, 0) is 12.8 Å². The normalized spacial score (nSPS) is 13.4. The average molecular weight is 365 g/mol. The molecule has 2 atom stereocenters. The Hall–Kier alpha value is -1.56. The summed E-state index contributed by atoms with van der Waals surface area (Å²) in [4.78, 5) is 0. The summed E-state index contributed by atoms with van der Waals surface area (Å²) >= 11 is 0. The van der Waals surface area contributed by atoms with Crippen LogP contribution in [0.1, 0.15) is 82.8 Å². The molecule has 0 nitrogen and oxygen atoms in total. The molecule has 2 rings (SSSR count). The van der Waals surface area contributed by atoms with E-state index >= 15 is 0 Å². The van der Waals surface area contributed by atoms with Gasteiger partial charge in [-0.2, -0.15) is 0 Å². The highest BCUT2D eigenvalue weighted by Crippen LogP contribution is 2.18. The number of rotatable bonds is 14. The Kier molecular flexibility index (Phi) is 10.9. The standard InChI is InChI=1S/C27H40/c1-24(22-26-18-12-8-13-19-26)16-10-6-4-3-5-7-11-17-25(2)23-27-20-14-9-15-21-27/h8-9,12-15,18-21,24-25H,3-7,10-11,16-17,22-23H2,1-2H3/t24-,25+. The van der Waals surface area contributed by atoms with E-state index in [0.29, 0.717) is 0 Å². The molecular weight excluding hydrogens is 324 g/mol. The molecule has 0 saturated carbocycles. The Morgan fingerprint density at radius 3 is 1.19 bits per heavy atom. The van der Waals surface area contributed by atoms with Crippen molar-refractivity contribution < 1.29 is 0 Å². The van der Waals surface area contributed by atoms with Gasteiger partial charge >= 0.3 is 0 Å². The lowest BCUT2D eigenvalue weighted by Crippen LogP contribution is -2.00. The third-order valence-corrected chi connectivity index (χ3v) is 5.75. The van der Waals surface area contributed by atoms with E-state index < -0.39 is 0 Å². The maximum Gasteiger partial charge on any atom is -0.0253 e. The fourth-order valence-corrected chi connectivity index (χ4v) is 4.11. The SMILES string of the molecule is C[C@H](CCCCCCCCC[C@H](C)Cc1ccccc1)Cc1ccccc1. The molecule has 0 aliphatic rings. The molecule has 0 unspecified atom stereocenters. The van der Waals surface area contributed by atoms with Crippen LogP contribution >= 0.6 is 0 Å². The summed E-state index contributed by atoms with van der Waals surface area (Å²) in [5.41, 5.74) is 2.98. The van der Waals surface area contributed by atoms with Crippen molar-refractivity contribution in [1.82, 2.24) is 0 Å². The van der Waals surface area contributed by atoms with Gasteiger partial charge in [-0.05, 0) is 35.8 Å². The fraction of sp³-hybridized carbons (Fsp3) is 0.556. The maximum atomic E-state index is 2.41. The maximum absolute atomic E-state index is 2.41. The minimum absolute atomic E-state index is 0.818. The van der Waals surface area contributed by atoms with Gasteiger partial charge in [0, 0.05) is 0 Å². The first-order valence-corrected chi connectivity index (χ1v) is 11.3. The zero-order valence-corrected chi connectivity index (χ0v) is 17.7. The van der Waals surface area contributed by atoms with E-state index in [-0.39, 0.29) is 0 Å². The molecule has 0 heterocycles. The van der Waals surface area contributed by atoms with E-state index in [1.165, 1.54) is 81.8 Å². The minimum Gasteiger partial charge on any atom is -0.0622 e. The first-order valence-electron chi connectivity index (χ1n) is 11.3. The summed E-state index contributed by atoms with van der Waals surface area (Å²) in [6.07, 6.45) is 15.2. The first kappa shape index (κ1) is 21.7. The van der Waals surface area contributed by atoms with Crippen LogP contribution < -0.4 is 0 Å². The Morgan fingerprint density at radius 1 is 0.481 bits per heavy atom. The summed E-state index contributed by atoms with van der Waals surface area (Å²) in [6, 6.07) is 21.9. The van der Waals surface area contributed by atoms with Gasteiger partial charge < -0.3 is 0 Å². The van der Waals surface area contributed by atoms with Crippen LogP contribution in [0.2, 0.25) is 0 Å². The highest BCUT2D eigenvalue weighted by Gasteiger charge is 2.04. The quantitative estimate of drug-likeness (QED) is 0.296. The molecule has 0 heteroatoms. The molecule has 0 saturated heterocycles. The van der Waals surface area contributed by atoms with E-state index in [2.05, 4.69) is 74.5 Å². The molecule has 0 amide bonds. The molecule has 148 valence electrons. The van der Waals surface area contributed by atoms with Crippen LogP contribution in [0.5, 0.6) is 0 Å². The molecule has 0 spiro atoms. The molecule has 27 heavy (non-hydrogen) atoms. The lowest BCUT2D eigenvalue weighted by atomic mass is 9.94. The van der Waals surface area contributed by atoms with Crippen molar-refractivity contribution >= 4 is 0 Å². The van der Waals surface area contributed by atoms with Crippen LogP contribution in [0.4, 0.5) is 0 Å². The topological polar surface area (TPSA) is 0 Å². The second-order valence-electron chi connectivity index (χ2n) is 8.64. The summed E-state index contributed by atoms with van der Waals surface area (Å²) < 4.78 is 0. The van der Waals surface area contributed by atoms with Gasteiger partial charge in [0.25, 0.3) is 0 Å². The Bertz CT molecular complexity index is 518. The molecule has 0 fully saturated rings. The largest absolute Gasteiger partial charge is 0.0622 e. The summed E-state index contributed by atoms with van der Waals surface area (Å²) in [5, 5.41) is 0. The molecule has 0 radical (unpaired) electrons. The van der Waals surface area contributed by atoms with Gasteiger partial charge in [-0.15, -0.1) is 0 Å². The lowest BCUT2D eigenvalue weighted by molar-refractivity contribution is 0.464. The number of unbranched alkanes of at least 4 members (excludes halogenated alkanes) is 6. The van der Waals surface area contributed by atoms with Crippen LogP contribution in [0.15, 0.2) is 60.7 Å². The Labute approximate surface area is 168 Å². The molecule has 0 aliphatic carbocycles. The lowest BCUT2D eigenvalue weighted by Gasteiger charge is -2.12. The fourth-order valence-electron chi connectivity index (χ4n) is 4.11. The van der Waals surface area contributed by atoms with E-state index in [9.17, 15) is 0 Å². The zero-order valence-electron chi connectivity index (χ0n) is 17.7. The molecule has 0 N–H and O–H groups in total. The van der Waals surface area contributed by atoms with Gasteiger partial charge in [-0.25, -0.2) is 0 Å². The third-order valence-electron chi connectivity index (χ3n) is 5.75. The van der Waals surface area contributed by atoms with Crippen molar-refractivity contribution in [3.63, 3.8) is 0 Å². The predicted octanol–water partition coefficient (Wildman–Crippen LogP) is 8.25. The monoisotopic (exact) mass is 364 g/mol. The first-order chi connectivity index (χ1) is 13.2. The summed E-state index contributed by atoms with van der Waals surface area (Å²) in [6.45, 7) is 4.81. The van der Waals surface area contributed by atoms with Gasteiger partial charge in [-0.1, -0.05) is 132 Å². The van der Waals surface area contributed by atoms with Crippen LogP contribution in [0.25, 0.3) is 0 Å². The summed E-state index contributed by atoms with van der Waals surface area (Å²) in [5.74, 6) is 1.64. The second-order valence-corrected chi connectivity index (χ2v) is 8.64. The predicted molar refractivity (Wildman–Crippen MR) is 120 cm³/mol. The van der Waals surface area contributed by atoms with Crippen molar-refractivity contribution in [1.29, 1.82) is 0 Å². The van der Waals surface area contributed by atoms with Crippen LogP contribution in [0, 0.1) is 11.8 Å². The van der Waals surface area contributed by atoms with Crippen molar-refractivity contribution in [2.75, 3.05) is 0 Å². The van der Waals surface area contributed by atoms with Gasteiger partial charge in [0.05, 0.1) is 0 Å². The number of hydrogen-bond donors (Lipinski definition) is 0. The van der Waals surface area contributed by atoms with Crippen LogP contribution in [-0.4, -0.2) is 0 Å². The average Bonchev–Trinajstić information content (AvgIpc) is 2.68. The van der Waals surface area contributed by atoms with E-state index in [0.717, 1.165) is 11.8 Å². The molecule has 0 bridgehead atoms.